The fourth-order valence-corrected chi connectivity index (χ4v) is 3.72. The summed E-state index contributed by atoms with van der Waals surface area (Å²) in [6.07, 6.45) is 0. The Hall–Kier alpha value is -2.14. The van der Waals surface area contributed by atoms with Crippen LogP contribution in [-0.2, 0) is 20.4 Å². The van der Waals surface area contributed by atoms with Crippen molar-refractivity contribution in [2.24, 2.45) is 0 Å². The van der Waals surface area contributed by atoms with Crippen LogP contribution in [0.3, 0.4) is 0 Å². The SMILES string of the molecule is Cc1ccc(NC(=O)C(C)S(=O)(=O)Cc2cc(C)ccc2C)cc1. The summed E-state index contributed by atoms with van der Waals surface area (Å²) < 4.78 is 25.2. The van der Waals surface area contributed by atoms with Crippen molar-refractivity contribution in [1.29, 1.82) is 0 Å². The molecule has 1 N–H and O–H groups in total. The highest BCUT2D eigenvalue weighted by Crippen LogP contribution is 2.18. The third-order valence-electron chi connectivity index (χ3n) is 4.09. The van der Waals surface area contributed by atoms with Crippen molar-refractivity contribution in [1.82, 2.24) is 0 Å². The molecule has 0 saturated carbocycles. The quantitative estimate of drug-likeness (QED) is 0.901. The highest BCUT2D eigenvalue weighted by atomic mass is 32.2. The summed E-state index contributed by atoms with van der Waals surface area (Å²) in [7, 11) is -3.59. The van der Waals surface area contributed by atoms with Crippen molar-refractivity contribution >= 4 is 21.4 Å². The minimum atomic E-state index is -3.59. The monoisotopic (exact) mass is 345 g/mol. The smallest absolute Gasteiger partial charge is 0.242 e. The van der Waals surface area contributed by atoms with Crippen LogP contribution in [-0.4, -0.2) is 19.6 Å². The first-order valence-electron chi connectivity index (χ1n) is 7.84. The van der Waals surface area contributed by atoms with Gasteiger partial charge in [0.2, 0.25) is 5.91 Å². The van der Waals surface area contributed by atoms with E-state index in [1.54, 1.807) is 12.1 Å². The molecule has 4 nitrogen and oxygen atoms in total. The van der Waals surface area contributed by atoms with Crippen LogP contribution in [0.1, 0.15) is 29.2 Å². The standard InChI is InChI=1S/C19H23NO3S/c1-13-6-9-18(10-7-13)20-19(21)16(4)24(22,23)12-17-11-14(2)5-8-15(17)3/h5-11,16H,12H2,1-4H3,(H,20,21). The van der Waals surface area contributed by atoms with Crippen molar-refractivity contribution in [3.63, 3.8) is 0 Å². The summed E-state index contributed by atoms with van der Waals surface area (Å²) in [5.41, 5.74) is 4.32. The van der Waals surface area contributed by atoms with E-state index >= 15 is 0 Å². The lowest BCUT2D eigenvalue weighted by Gasteiger charge is -2.15. The van der Waals surface area contributed by atoms with E-state index in [4.69, 9.17) is 0 Å². The largest absolute Gasteiger partial charge is 0.325 e. The molecule has 1 amide bonds. The number of hydrogen-bond donors (Lipinski definition) is 1. The van der Waals surface area contributed by atoms with Crippen LogP contribution in [0.15, 0.2) is 42.5 Å². The number of carbonyl (C=O) groups is 1. The van der Waals surface area contributed by atoms with E-state index < -0.39 is 21.0 Å². The van der Waals surface area contributed by atoms with Crippen molar-refractivity contribution in [3.8, 4) is 0 Å². The lowest BCUT2D eigenvalue weighted by Crippen LogP contribution is -2.33. The van der Waals surface area contributed by atoms with Gasteiger partial charge in [0.05, 0.1) is 5.75 Å². The fraction of sp³-hybridized carbons (Fsp3) is 0.316. The average Bonchev–Trinajstić information content (AvgIpc) is 2.52. The van der Waals surface area contributed by atoms with E-state index in [2.05, 4.69) is 5.32 Å². The van der Waals surface area contributed by atoms with Crippen LogP contribution in [0.4, 0.5) is 5.69 Å². The molecule has 1 unspecified atom stereocenters. The second-order valence-electron chi connectivity index (χ2n) is 6.23. The Morgan fingerprint density at radius 1 is 1.00 bits per heavy atom. The van der Waals surface area contributed by atoms with E-state index in [0.29, 0.717) is 5.69 Å². The van der Waals surface area contributed by atoms with Crippen LogP contribution < -0.4 is 5.32 Å². The number of amides is 1. The molecule has 0 heterocycles. The van der Waals surface area contributed by atoms with Gasteiger partial charge in [-0.3, -0.25) is 4.79 Å². The predicted octanol–water partition coefficient (Wildman–Crippen LogP) is 3.55. The number of anilines is 1. The molecule has 0 bridgehead atoms. The van der Waals surface area contributed by atoms with Crippen LogP contribution in [0.2, 0.25) is 0 Å². The van der Waals surface area contributed by atoms with Crippen LogP contribution in [0.25, 0.3) is 0 Å². The summed E-state index contributed by atoms with van der Waals surface area (Å²) in [4.78, 5) is 12.3. The van der Waals surface area contributed by atoms with Crippen LogP contribution in [0.5, 0.6) is 0 Å². The zero-order valence-electron chi connectivity index (χ0n) is 14.5. The van der Waals surface area contributed by atoms with Gasteiger partial charge in [-0.15, -0.1) is 0 Å². The van der Waals surface area contributed by atoms with Crippen LogP contribution >= 0.6 is 0 Å². The van der Waals surface area contributed by atoms with Crippen molar-refractivity contribution < 1.29 is 13.2 Å². The molecule has 1 atom stereocenters. The third kappa shape index (κ3) is 4.45. The van der Waals surface area contributed by atoms with Gasteiger partial charge in [0.15, 0.2) is 9.84 Å². The Kier molecular flexibility index (Phi) is 5.44. The maximum atomic E-state index is 12.6. The van der Waals surface area contributed by atoms with Gasteiger partial charge in [-0.25, -0.2) is 8.42 Å². The van der Waals surface area contributed by atoms with Gasteiger partial charge in [-0.1, -0.05) is 41.5 Å². The molecule has 0 fully saturated rings. The number of carbonyl (C=O) groups excluding carboxylic acids is 1. The molecule has 0 aliphatic carbocycles. The van der Waals surface area contributed by atoms with Gasteiger partial charge in [0, 0.05) is 5.69 Å². The number of rotatable bonds is 5. The van der Waals surface area contributed by atoms with Gasteiger partial charge in [0.25, 0.3) is 0 Å². The van der Waals surface area contributed by atoms with E-state index in [-0.39, 0.29) is 5.75 Å². The zero-order valence-corrected chi connectivity index (χ0v) is 15.3. The molecule has 0 radical (unpaired) electrons. The van der Waals surface area contributed by atoms with Gasteiger partial charge in [-0.2, -0.15) is 0 Å². The molecule has 0 aliphatic heterocycles. The molecule has 0 saturated heterocycles. The van der Waals surface area contributed by atoms with Crippen molar-refractivity contribution in [2.75, 3.05) is 5.32 Å². The molecular formula is C19H23NO3S. The maximum absolute atomic E-state index is 12.6. The number of benzene rings is 2. The molecule has 2 aromatic carbocycles. The molecule has 128 valence electrons. The first-order valence-corrected chi connectivity index (χ1v) is 9.56. The number of nitrogens with one attached hydrogen (secondary N) is 1. The van der Waals surface area contributed by atoms with Crippen molar-refractivity contribution in [2.45, 2.75) is 38.7 Å². The number of aryl methyl sites for hydroxylation is 3. The Morgan fingerprint density at radius 3 is 2.21 bits per heavy atom. The molecule has 2 aromatic rings. The summed E-state index contributed by atoms with van der Waals surface area (Å²) in [6.45, 7) is 7.18. The van der Waals surface area contributed by atoms with Gasteiger partial charge >= 0.3 is 0 Å². The second kappa shape index (κ2) is 7.18. The topological polar surface area (TPSA) is 63.2 Å². The van der Waals surface area contributed by atoms with Crippen LogP contribution in [0, 0.1) is 20.8 Å². The zero-order chi connectivity index (χ0) is 17.9. The summed E-state index contributed by atoms with van der Waals surface area (Å²) in [5.74, 6) is -0.646. The first-order chi connectivity index (χ1) is 11.2. The van der Waals surface area contributed by atoms with E-state index in [1.807, 2.05) is 51.1 Å². The molecule has 24 heavy (non-hydrogen) atoms. The van der Waals surface area contributed by atoms with Crippen molar-refractivity contribution in [3.05, 3.63) is 64.7 Å². The average molecular weight is 345 g/mol. The minimum absolute atomic E-state index is 0.136. The predicted molar refractivity (Wildman–Crippen MR) is 97.8 cm³/mol. The second-order valence-corrected chi connectivity index (χ2v) is 8.56. The molecule has 0 aliphatic rings. The van der Waals surface area contributed by atoms with E-state index in [0.717, 1.165) is 22.3 Å². The van der Waals surface area contributed by atoms with Gasteiger partial charge < -0.3 is 5.32 Å². The lowest BCUT2D eigenvalue weighted by molar-refractivity contribution is -0.115. The first kappa shape index (κ1) is 18.2. The summed E-state index contributed by atoms with van der Waals surface area (Å²) in [5, 5.41) is 1.56. The fourth-order valence-electron chi connectivity index (χ4n) is 2.34. The normalized spacial score (nSPS) is 12.7. The molecule has 2 rings (SSSR count). The highest BCUT2D eigenvalue weighted by molar-refractivity contribution is 7.92. The summed E-state index contributed by atoms with van der Waals surface area (Å²) >= 11 is 0. The maximum Gasteiger partial charge on any atom is 0.242 e. The molecule has 5 heteroatoms. The Morgan fingerprint density at radius 2 is 1.58 bits per heavy atom. The van der Waals surface area contributed by atoms with Gasteiger partial charge in [0.1, 0.15) is 5.25 Å². The Bertz CT molecular complexity index is 839. The summed E-state index contributed by atoms with van der Waals surface area (Å²) in [6, 6.07) is 13.0. The molecule has 0 spiro atoms. The Labute approximate surface area is 143 Å². The number of sulfone groups is 1. The Balaban J connectivity index is 2.14. The molecule has 0 aromatic heterocycles. The minimum Gasteiger partial charge on any atom is -0.325 e. The lowest BCUT2D eigenvalue weighted by atomic mass is 10.1. The third-order valence-corrected chi connectivity index (χ3v) is 6.09. The number of hydrogen-bond acceptors (Lipinski definition) is 3. The van der Waals surface area contributed by atoms with E-state index in [1.165, 1.54) is 6.92 Å². The van der Waals surface area contributed by atoms with E-state index in [9.17, 15) is 13.2 Å². The van der Waals surface area contributed by atoms with Gasteiger partial charge in [-0.05, 0) is 51.0 Å². The molecular weight excluding hydrogens is 322 g/mol. The highest BCUT2D eigenvalue weighted by Gasteiger charge is 2.28.